The van der Waals surface area contributed by atoms with Crippen molar-refractivity contribution in [2.24, 2.45) is 0 Å². The van der Waals surface area contributed by atoms with Crippen LogP contribution in [-0.4, -0.2) is 38.8 Å². The van der Waals surface area contributed by atoms with E-state index in [0.29, 0.717) is 6.54 Å². The van der Waals surface area contributed by atoms with Crippen LogP contribution in [-0.2, 0) is 21.5 Å². The van der Waals surface area contributed by atoms with E-state index in [1.807, 2.05) is 24.3 Å². The minimum absolute atomic E-state index is 0.0129. The molecule has 1 aliphatic heterocycles. The van der Waals surface area contributed by atoms with Gasteiger partial charge >= 0.3 is 0 Å². The molecule has 150 valence electrons. The van der Waals surface area contributed by atoms with Crippen LogP contribution in [0.2, 0.25) is 0 Å². The number of anilines is 1. The quantitative estimate of drug-likeness (QED) is 0.831. The minimum atomic E-state index is -0.124. The number of amides is 1. The third kappa shape index (κ3) is 5.49. The Hall–Kier alpha value is -2.53. The highest BCUT2D eigenvalue weighted by molar-refractivity contribution is 5.77. The summed E-state index contributed by atoms with van der Waals surface area (Å²) in [7, 11) is 0. The molecule has 1 fully saturated rings. The molecule has 0 radical (unpaired) electrons. The highest BCUT2D eigenvalue weighted by Crippen LogP contribution is 2.30. The maximum absolute atomic E-state index is 12.2. The monoisotopic (exact) mass is 382 g/mol. The summed E-state index contributed by atoms with van der Waals surface area (Å²) < 4.78 is 11.2. The third-order valence-corrected chi connectivity index (χ3v) is 4.86. The van der Waals surface area contributed by atoms with Gasteiger partial charge in [-0.15, -0.1) is 0 Å². The van der Waals surface area contributed by atoms with Crippen LogP contribution in [0.5, 0.6) is 5.75 Å². The zero-order valence-corrected chi connectivity index (χ0v) is 17.0. The highest BCUT2D eigenvalue weighted by Gasteiger charge is 2.19. The van der Waals surface area contributed by atoms with Crippen LogP contribution in [0.1, 0.15) is 31.9 Å². The van der Waals surface area contributed by atoms with Crippen LogP contribution in [0.25, 0.3) is 0 Å². The molecule has 0 saturated carbocycles. The number of carbonyl (C=O) groups is 1. The van der Waals surface area contributed by atoms with E-state index >= 15 is 0 Å². The first kappa shape index (κ1) is 20.2. The molecule has 5 nitrogen and oxygen atoms in total. The van der Waals surface area contributed by atoms with E-state index in [0.717, 1.165) is 43.2 Å². The molecule has 2 aromatic carbocycles. The lowest BCUT2D eigenvalue weighted by Crippen LogP contribution is -2.36. The van der Waals surface area contributed by atoms with Gasteiger partial charge in [0.2, 0.25) is 0 Å². The number of morpholine rings is 1. The maximum atomic E-state index is 12.2. The number of ether oxygens (including phenoxy) is 2. The first-order chi connectivity index (χ1) is 13.4. The molecule has 28 heavy (non-hydrogen) atoms. The average Bonchev–Trinajstić information content (AvgIpc) is 2.71. The van der Waals surface area contributed by atoms with E-state index in [1.165, 1.54) is 5.69 Å². The number of carbonyl (C=O) groups excluding carboxylic acids is 1. The molecule has 1 heterocycles. The summed E-state index contributed by atoms with van der Waals surface area (Å²) in [5.74, 6) is 0.640. The van der Waals surface area contributed by atoms with Gasteiger partial charge in [-0.1, -0.05) is 51.1 Å². The van der Waals surface area contributed by atoms with Gasteiger partial charge in [0.05, 0.1) is 13.2 Å². The Bertz CT molecular complexity index is 775. The molecule has 3 rings (SSSR count). The summed E-state index contributed by atoms with van der Waals surface area (Å²) >= 11 is 0. The highest BCUT2D eigenvalue weighted by atomic mass is 16.5. The Labute approximate surface area is 167 Å². The van der Waals surface area contributed by atoms with E-state index in [4.69, 9.17) is 9.47 Å². The Morgan fingerprint density at radius 2 is 1.75 bits per heavy atom. The van der Waals surface area contributed by atoms with Crippen LogP contribution in [0.15, 0.2) is 48.5 Å². The first-order valence-electron chi connectivity index (χ1n) is 9.84. The molecule has 0 spiro atoms. The van der Waals surface area contributed by atoms with E-state index in [-0.39, 0.29) is 17.9 Å². The number of rotatable bonds is 6. The molecular weight excluding hydrogens is 352 g/mol. The fraction of sp³-hybridized carbons (Fsp3) is 0.435. The molecule has 2 aromatic rings. The van der Waals surface area contributed by atoms with Gasteiger partial charge in [-0.05, 0) is 34.7 Å². The molecule has 0 aromatic heterocycles. The second-order valence-electron chi connectivity index (χ2n) is 8.08. The summed E-state index contributed by atoms with van der Waals surface area (Å²) in [5, 5.41) is 2.93. The van der Waals surface area contributed by atoms with Crippen molar-refractivity contribution < 1.29 is 14.3 Å². The number of hydrogen-bond donors (Lipinski definition) is 1. The smallest absolute Gasteiger partial charge is 0.258 e. The normalized spacial score (nSPS) is 14.6. The zero-order chi connectivity index (χ0) is 20.0. The topological polar surface area (TPSA) is 50.8 Å². The van der Waals surface area contributed by atoms with Crippen molar-refractivity contribution in [3.8, 4) is 5.75 Å². The second kappa shape index (κ2) is 9.11. The number of hydrogen-bond acceptors (Lipinski definition) is 4. The van der Waals surface area contributed by atoms with Crippen LogP contribution >= 0.6 is 0 Å². The van der Waals surface area contributed by atoms with Gasteiger partial charge in [0.25, 0.3) is 5.91 Å². The molecule has 5 heteroatoms. The lowest BCUT2D eigenvalue weighted by molar-refractivity contribution is -0.123. The van der Waals surface area contributed by atoms with E-state index in [9.17, 15) is 4.79 Å². The summed E-state index contributed by atoms with van der Waals surface area (Å²) in [4.78, 5) is 14.5. The molecule has 1 amide bonds. The van der Waals surface area contributed by atoms with Gasteiger partial charge in [0.1, 0.15) is 5.75 Å². The molecule has 1 aliphatic rings. The molecular formula is C23H30N2O3. The van der Waals surface area contributed by atoms with Crippen LogP contribution in [0, 0.1) is 0 Å². The molecule has 0 unspecified atom stereocenters. The molecule has 0 aliphatic carbocycles. The van der Waals surface area contributed by atoms with E-state index < -0.39 is 0 Å². The van der Waals surface area contributed by atoms with Crippen LogP contribution < -0.4 is 15.0 Å². The van der Waals surface area contributed by atoms with E-state index in [1.54, 1.807) is 0 Å². The summed E-state index contributed by atoms with van der Waals surface area (Å²) in [6.07, 6.45) is 0. The standard InChI is InChI=1S/C23H30N2O3/c1-23(2,3)20-6-4-5-7-21(20)28-17-22(26)24-16-18-8-10-19(11-9-18)25-12-14-27-15-13-25/h4-11H,12-17H2,1-3H3,(H,24,26). The Morgan fingerprint density at radius 3 is 2.43 bits per heavy atom. The summed E-state index contributed by atoms with van der Waals surface area (Å²) in [6.45, 7) is 10.3. The number of benzene rings is 2. The fourth-order valence-electron chi connectivity index (χ4n) is 3.25. The SMILES string of the molecule is CC(C)(C)c1ccccc1OCC(=O)NCc1ccc(N2CCOCC2)cc1. The van der Waals surface area contributed by atoms with Crippen molar-refractivity contribution in [1.82, 2.24) is 5.32 Å². The maximum Gasteiger partial charge on any atom is 0.258 e. The van der Waals surface area contributed by atoms with Gasteiger partial charge in [0, 0.05) is 25.3 Å². The minimum Gasteiger partial charge on any atom is -0.483 e. The van der Waals surface area contributed by atoms with Crippen molar-refractivity contribution in [2.75, 3.05) is 37.8 Å². The molecule has 1 saturated heterocycles. The predicted octanol–water partition coefficient (Wildman–Crippen LogP) is 3.52. The Kier molecular flexibility index (Phi) is 6.57. The zero-order valence-electron chi connectivity index (χ0n) is 17.0. The average molecular weight is 383 g/mol. The van der Waals surface area contributed by atoms with Gasteiger partial charge < -0.3 is 19.7 Å². The second-order valence-corrected chi connectivity index (χ2v) is 8.08. The van der Waals surface area contributed by atoms with Crippen molar-refractivity contribution in [3.05, 3.63) is 59.7 Å². The lowest BCUT2D eigenvalue weighted by atomic mass is 9.86. The fourth-order valence-corrected chi connectivity index (χ4v) is 3.25. The number of nitrogens with zero attached hydrogens (tertiary/aromatic N) is 1. The van der Waals surface area contributed by atoms with Crippen molar-refractivity contribution >= 4 is 11.6 Å². The van der Waals surface area contributed by atoms with Gasteiger partial charge in [0.15, 0.2) is 6.61 Å². The number of para-hydroxylation sites is 1. The van der Waals surface area contributed by atoms with Crippen molar-refractivity contribution in [1.29, 1.82) is 0 Å². The van der Waals surface area contributed by atoms with Crippen molar-refractivity contribution in [2.45, 2.75) is 32.7 Å². The van der Waals surface area contributed by atoms with Gasteiger partial charge in [-0.2, -0.15) is 0 Å². The van der Waals surface area contributed by atoms with E-state index in [2.05, 4.69) is 55.3 Å². The largest absolute Gasteiger partial charge is 0.483 e. The first-order valence-corrected chi connectivity index (χ1v) is 9.84. The van der Waals surface area contributed by atoms with Crippen molar-refractivity contribution in [3.63, 3.8) is 0 Å². The summed E-state index contributed by atoms with van der Waals surface area (Å²) in [5.41, 5.74) is 3.33. The van der Waals surface area contributed by atoms with Gasteiger partial charge in [-0.25, -0.2) is 0 Å². The predicted molar refractivity (Wildman–Crippen MR) is 112 cm³/mol. The Balaban J connectivity index is 1.48. The lowest BCUT2D eigenvalue weighted by Gasteiger charge is -2.28. The molecule has 0 atom stereocenters. The molecule has 1 N–H and O–H groups in total. The number of nitrogens with one attached hydrogen (secondary N) is 1. The summed E-state index contributed by atoms with van der Waals surface area (Å²) in [6, 6.07) is 16.2. The van der Waals surface area contributed by atoms with Gasteiger partial charge in [-0.3, -0.25) is 4.79 Å². The Morgan fingerprint density at radius 1 is 1.07 bits per heavy atom. The third-order valence-electron chi connectivity index (χ3n) is 4.86. The molecule has 0 bridgehead atoms. The van der Waals surface area contributed by atoms with Crippen LogP contribution in [0.4, 0.5) is 5.69 Å². The van der Waals surface area contributed by atoms with Crippen LogP contribution in [0.3, 0.4) is 0 Å².